The summed E-state index contributed by atoms with van der Waals surface area (Å²) in [5, 5.41) is 12.1. The molecule has 0 unspecified atom stereocenters. The standard InChI is InChI=1S/C31H34BrN3O4/c1-4-18-31(30(37)33-21-22-6-14-26(15-7-22)35(2)3)28(23-8-12-25(32)13-9-23)39-29(34-31)24-10-16-27(17-11-24)38-20-5-19-36/h4,6-17,28,36H,1,5,18-21H2,2-3H3,(H,33,37)/t28-,31-/m1/s1. The third-order valence-electron chi connectivity index (χ3n) is 6.56. The Kier molecular flexibility index (Phi) is 9.43. The minimum absolute atomic E-state index is 0.0784. The summed E-state index contributed by atoms with van der Waals surface area (Å²) in [5.41, 5.74) is 2.43. The molecule has 0 radical (unpaired) electrons. The number of rotatable bonds is 12. The maximum atomic E-state index is 13.9. The summed E-state index contributed by atoms with van der Waals surface area (Å²) in [5.74, 6) is 0.841. The van der Waals surface area contributed by atoms with Gasteiger partial charge in [0, 0.05) is 55.8 Å². The fourth-order valence-electron chi connectivity index (χ4n) is 4.42. The van der Waals surface area contributed by atoms with Gasteiger partial charge in [0.1, 0.15) is 5.75 Å². The van der Waals surface area contributed by atoms with E-state index in [0.717, 1.165) is 26.9 Å². The Hall–Kier alpha value is -3.62. The first-order chi connectivity index (χ1) is 18.9. The van der Waals surface area contributed by atoms with Crippen LogP contribution in [0.2, 0.25) is 0 Å². The number of aliphatic imine (C=N–C) groups is 1. The molecule has 7 nitrogen and oxygen atoms in total. The van der Waals surface area contributed by atoms with Crippen LogP contribution < -0.4 is 15.0 Å². The Labute approximate surface area is 238 Å². The molecule has 39 heavy (non-hydrogen) atoms. The van der Waals surface area contributed by atoms with Crippen molar-refractivity contribution in [2.24, 2.45) is 4.99 Å². The fourth-order valence-corrected chi connectivity index (χ4v) is 4.68. The molecule has 0 aliphatic carbocycles. The minimum atomic E-state index is -1.23. The van der Waals surface area contributed by atoms with E-state index in [1.807, 2.05) is 91.8 Å². The van der Waals surface area contributed by atoms with Gasteiger partial charge in [-0.2, -0.15) is 0 Å². The van der Waals surface area contributed by atoms with Crippen molar-refractivity contribution in [3.8, 4) is 5.75 Å². The van der Waals surface area contributed by atoms with Crippen molar-refractivity contribution in [3.05, 3.63) is 107 Å². The molecule has 1 aliphatic rings. The van der Waals surface area contributed by atoms with Crippen molar-refractivity contribution >= 4 is 33.4 Å². The largest absolute Gasteiger partial charge is 0.494 e. The van der Waals surface area contributed by atoms with Crippen molar-refractivity contribution in [1.82, 2.24) is 5.32 Å². The molecule has 4 rings (SSSR count). The molecule has 8 heteroatoms. The second kappa shape index (κ2) is 13.0. The zero-order valence-corrected chi connectivity index (χ0v) is 23.9. The molecular formula is C31H34BrN3O4. The molecule has 1 heterocycles. The molecule has 0 aromatic heterocycles. The molecule has 2 atom stereocenters. The smallest absolute Gasteiger partial charge is 0.252 e. The maximum Gasteiger partial charge on any atom is 0.252 e. The van der Waals surface area contributed by atoms with Crippen LogP contribution in [0, 0.1) is 0 Å². The Balaban J connectivity index is 1.63. The number of hydrogen-bond acceptors (Lipinski definition) is 6. The number of anilines is 1. The summed E-state index contributed by atoms with van der Waals surface area (Å²) in [6, 6.07) is 23.2. The van der Waals surface area contributed by atoms with Crippen LogP contribution in [0.25, 0.3) is 0 Å². The lowest BCUT2D eigenvalue weighted by Gasteiger charge is -2.29. The van der Waals surface area contributed by atoms with E-state index in [9.17, 15) is 4.79 Å². The number of benzene rings is 3. The molecule has 3 aromatic carbocycles. The summed E-state index contributed by atoms with van der Waals surface area (Å²) in [6.07, 6.45) is 1.93. The highest BCUT2D eigenvalue weighted by molar-refractivity contribution is 9.10. The Morgan fingerprint density at radius 1 is 1.13 bits per heavy atom. The van der Waals surface area contributed by atoms with E-state index >= 15 is 0 Å². The summed E-state index contributed by atoms with van der Waals surface area (Å²) < 4.78 is 13.0. The predicted molar refractivity (Wildman–Crippen MR) is 158 cm³/mol. The van der Waals surface area contributed by atoms with Crippen LogP contribution in [0.3, 0.4) is 0 Å². The number of aliphatic hydroxyl groups excluding tert-OH is 1. The van der Waals surface area contributed by atoms with Crippen LogP contribution in [0.15, 0.2) is 94.9 Å². The van der Waals surface area contributed by atoms with Gasteiger partial charge in [-0.1, -0.05) is 46.3 Å². The molecule has 2 N–H and O–H groups in total. The molecule has 3 aromatic rings. The molecule has 0 fully saturated rings. The minimum Gasteiger partial charge on any atom is -0.494 e. The molecule has 1 amide bonds. The third kappa shape index (κ3) is 6.69. The van der Waals surface area contributed by atoms with Crippen molar-refractivity contribution in [2.75, 3.05) is 32.2 Å². The average Bonchev–Trinajstić information content (AvgIpc) is 3.33. The molecule has 1 aliphatic heterocycles. The first kappa shape index (κ1) is 28.4. The molecular weight excluding hydrogens is 558 g/mol. The van der Waals surface area contributed by atoms with E-state index in [0.29, 0.717) is 37.6 Å². The summed E-state index contributed by atoms with van der Waals surface area (Å²) >= 11 is 3.49. The molecule has 0 saturated heterocycles. The van der Waals surface area contributed by atoms with E-state index in [4.69, 9.17) is 19.6 Å². The molecule has 0 spiro atoms. The van der Waals surface area contributed by atoms with Crippen LogP contribution in [-0.2, 0) is 16.1 Å². The fraction of sp³-hybridized carbons (Fsp3) is 0.290. The highest BCUT2D eigenvalue weighted by atomic mass is 79.9. The van der Waals surface area contributed by atoms with Gasteiger partial charge < -0.3 is 24.8 Å². The van der Waals surface area contributed by atoms with Gasteiger partial charge in [0.2, 0.25) is 5.90 Å². The number of carbonyl (C=O) groups is 1. The van der Waals surface area contributed by atoms with Gasteiger partial charge in [-0.3, -0.25) is 4.79 Å². The van der Waals surface area contributed by atoms with E-state index in [1.165, 1.54) is 0 Å². The highest BCUT2D eigenvalue weighted by Gasteiger charge is 2.52. The monoisotopic (exact) mass is 591 g/mol. The molecule has 0 bridgehead atoms. The molecule has 0 saturated carbocycles. The number of nitrogens with zero attached hydrogens (tertiary/aromatic N) is 2. The first-order valence-corrected chi connectivity index (χ1v) is 13.7. The zero-order valence-electron chi connectivity index (χ0n) is 22.3. The Morgan fingerprint density at radius 3 is 2.44 bits per heavy atom. The van der Waals surface area contributed by atoms with Crippen LogP contribution in [-0.4, -0.2) is 49.8 Å². The number of carbonyl (C=O) groups excluding carboxylic acids is 1. The zero-order chi connectivity index (χ0) is 27.8. The third-order valence-corrected chi connectivity index (χ3v) is 7.09. The van der Waals surface area contributed by atoms with Gasteiger partial charge in [-0.25, -0.2) is 4.99 Å². The van der Waals surface area contributed by atoms with Crippen LogP contribution in [0.1, 0.15) is 35.6 Å². The summed E-state index contributed by atoms with van der Waals surface area (Å²) in [6.45, 7) is 4.80. The second-order valence-corrected chi connectivity index (χ2v) is 10.5. The maximum absolute atomic E-state index is 13.9. The quantitative estimate of drug-likeness (QED) is 0.217. The Morgan fingerprint density at radius 2 is 1.82 bits per heavy atom. The lowest BCUT2D eigenvalue weighted by Crippen LogP contribution is -2.47. The SMILES string of the molecule is C=CC[C@@]1(C(=O)NCc2ccc(N(C)C)cc2)N=C(c2ccc(OCCCO)cc2)O[C@@H]1c1ccc(Br)cc1. The van der Waals surface area contributed by atoms with Gasteiger partial charge in [-0.05, 0) is 59.7 Å². The highest BCUT2D eigenvalue weighted by Crippen LogP contribution is 2.43. The predicted octanol–water partition coefficient (Wildman–Crippen LogP) is 5.43. The van der Waals surface area contributed by atoms with Gasteiger partial charge in [0.15, 0.2) is 11.6 Å². The summed E-state index contributed by atoms with van der Waals surface area (Å²) in [4.78, 5) is 20.9. The first-order valence-electron chi connectivity index (χ1n) is 12.9. The van der Waals surface area contributed by atoms with Crippen molar-refractivity contribution < 1.29 is 19.4 Å². The number of halogens is 1. The van der Waals surface area contributed by atoms with Crippen molar-refractivity contribution in [3.63, 3.8) is 0 Å². The lowest BCUT2D eigenvalue weighted by molar-refractivity contribution is -0.129. The second-order valence-electron chi connectivity index (χ2n) is 9.58. The number of hydrogen-bond donors (Lipinski definition) is 2. The van der Waals surface area contributed by atoms with Gasteiger partial charge >= 0.3 is 0 Å². The van der Waals surface area contributed by atoms with E-state index in [-0.39, 0.29) is 12.5 Å². The number of amides is 1. The van der Waals surface area contributed by atoms with Gasteiger partial charge in [-0.15, -0.1) is 6.58 Å². The summed E-state index contributed by atoms with van der Waals surface area (Å²) in [7, 11) is 3.98. The van der Waals surface area contributed by atoms with Crippen LogP contribution >= 0.6 is 15.9 Å². The van der Waals surface area contributed by atoms with E-state index in [1.54, 1.807) is 6.08 Å². The number of aliphatic hydroxyl groups is 1. The van der Waals surface area contributed by atoms with Crippen LogP contribution in [0.5, 0.6) is 5.75 Å². The van der Waals surface area contributed by atoms with Gasteiger partial charge in [0.25, 0.3) is 5.91 Å². The topological polar surface area (TPSA) is 83.4 Å². The van der Waals surface area contributed by atoms with E-state index < -0.39 is 11.6 Å². The number of nitrogens with one attached hydrogen (secondary N) is 1. The molecule has 204 valence electrons. The Bertz CT molecular complexity index is 1290. The average molecular weight is 593 g/mol. The van der Waals surface area contributed by atoms with E-state index in [2.05, 4.69) is 27.8 Å². The van der Waals surface area contributed by atoms with Crippen molar-refractivity contribution in [1.29, 1.82) is 0 Å². The lowest BCUT2D eigenvalue weighted by atomic mass is 9.84. The number of ether oxygens (including phenoxy) is 2. The normalized spacial score (nSPS) is 18.2. The van der Waals surface area contributed by atoms with Crippen LogP contribution in [0.4, 0.5) is 5.69 Å². The van der Waals surface area contributed by atoms with Crippen molar-refractivity contribution in [2.45, 2.75) is 31.0 Å². The van der Waals surface area contributed by atoms with Gasteiger partial charge in [0.05, 0.1) is 6.61 Å².